The maximum atomic E-state index is 13.5. The Morgan fingerprint density at radius 1 is 1.03 bits per heavy atom. The van der Waals surface area contributed by atoms with Gasteiger partial charge in [0.25, 0.3) is 5.56 Å². The second kappa shape index (κ2) is 8.47. The molecule has 1 fully saturated rings. The number of tetrazole rings is 1. The summed E-state index contributed by atoms with van der Waals surface area (Å²) in [6.07, 6.45) is 5.50. The molecule has 4 aromatic rings. The standard InChI is InChI=1S/C27H30N6O/c1-17-13-21-15-23(27(34)28-24(21)14-18(17)2)25(26-29-30-31-33(26)22-9-5-6-10-22)32-12-11-19-7-3-4-8-20(19)16-32/h3-4,7-8,13-15,22,25H,5-6,9-12,16H2,1-2H3,(H,28,34)/t25-/m0/s1. The summed E-state index contributed by atoms with van der Waals surface area (Å²) in [6.45, 7) is 5.80. The summed E-state index contributed by atoms with van der Waals surface area (Å²) >= 11 is 0. The highest BCUT2D eigenvalue weighted by atomic mass is 16.1. The molecule has 1 N–H and O–H groups in total. The zero-order valence-electron chi connectivity index (χ0n) is 19.8. The average molecular weight is 455 g/mol. The fourth-order valence-corrected chi connectivity index (χ4v) is 5.72. The normalized spacial score (nSPS) is 17.8. The average Bonchev–Trinajstić information content (AvgIpc) is 3.53. The first kappa shape index (κ1) is 21.2. The molecule has 1 aliphatic heterocycles. The van der Waals surface area contributed by atoms with E-state index in [1.807, 2.05) is 4.68 Å². The lowest BCUT2D eigenvalue weighted by Crippen LogP contribution is -2.39. The van der Waals surface area contributed by atoms with Gasteiger partial charge in [0.15, 0.2) is 5.82 Å². The highest BCUT2D eigenvalue weighted by Gasteiger charge is 2.34. The Kier molecular flexibility index (Phi) is 5.29. The van der Waals surface area contributed by atoms with Crippen LogP contribution in [0.3, 0.4) is 0 Å². The molecule has 174 valence electrons. The maximum absolute atomic E-state index is 13.5. The van der Waals surface area contributed by atoms with E-state index in [9.17, 15) is 4.79 Å². The molecule has 3 heterocycles. The van der Waals surface area contributed by atoms with E-state index in [1.54, 1.807) is 0 Å². The first-order chi connectivity index (χ1) is 16.6. The SMILES string of the molecule is Cc1cc2cc([C@@H](c3nnnn3C3CCCC3)N3CCc4ccccc4C3)c(=O)[nH]c2cc1C. The van der Waals surface area contributed by atoms with Crippen molar-refractivity contribution in [1.82, 2.24) is 30.1 Å². The van der Waals surface area contributed by atoms with E-state index in [0.717, 1.165) is 49.1 Å². The summed E-state index contributed by atoms with van der Waals surface area (Å²) in [5, 5.41) is 14.1. The largest absolute Gasteiger partial charge is 0.322 e. The van der Waals surface area contributed by atoms with E-state index in [1.165, 1.54) is 35.1 Å². The smallest absolute Gasteiger partial charge is 0.253 e. The van der Waals surface area contributed by atoms with Gasteiger partial charge in [-0.15, -0.1) is 5.10 Å². The number of benzene rings is 2. The molecule has 0 spiro atoms. The van der Waals surface area contributed by atoms with Crippen molar-refractivity contribution >= 4 is 10.9 Å². The van der Waals surface area contributed by atoms with Gasteiger partial charge in [-0.25, -0.2) is 4.68 Å². The number of nitrogens with zero attached hydrogens (tertiary/aromatic N) is 5. The van der Waals surface area contributed by atoms with E-state index in [0.29, 0.717) is 11.6 Å². The van der Waals surface area contributed by atoms with Gasteiger partial charge in [0.1, 0.15) is 6.04 Å². The number of H-pyrrole nitrogens is 1. The third kappa shape index (κ3) is 3.64. The fourth-order valence-electron chi connectivity index (χ4n) is 5.72. The first-order valence-corrected chi connectivity index (χ1v) is 12.3. The summed E-state index contributed by atoms with van der Waals surface area (Å²) < 4.78 is 2.00. The number of pyridine rings is 1. The van der Waals surface area contributed by atoms with Crippen LogP contribution in [0.15, 0.2) is 47.3 Å². The van der Waals surface area contributed by atoms with Gasteiger partial charge in [0, 0.05) is 24.2 Å². The molecule has 7 nitrogen and oxygen atoms in total. The number of aromatic nitrogens is 5. The van der Waals surface area contributed by atoms with Crippen molar-refractivity contribution in [3.8, 4) is 0 Å². The van der Waals surface area contributed by atoms with Crippen molar-refractivity contribution in [2.45, 2.75) is 64.6 Å². The molecular weight excluding hydrogens is 424 g/mol. The second-order valence-corrected chi connectivity index (χ2v) is 9.89. The minimum absolute atomic E-state index is 0.0689. The molecule has 7 heteroatoms. The highest BCUT2D eigenvalue weighted by Crippen LogP contribution is 2.36. The van der Waals surface area contributed by atoms with Crippen LogP contribution in [-0.4, -0.2) is 36.6 Å². The van der Waals surface area contributed by atoms with Gasteiger partial charge in [-0.2, -0.15) is 0 Å². The number of fused-ring (bicyclic) bond motifs is 2. The molecule has 0 radical (unpaired) electrons. The minimum Gasteiger partial charge on any atom is -0.322 e. The van der Waals surface area contributed by atoms with Gasteiger partial charge in [0.2, 0.25) is 0 Å². The number of aryl methyl sites for hydroxylation is 2. The predicted molar refractivity (Wildman–Crippen MR) is 132 cm³/mol. The molecule has 2 aromatic carbocycles. The van der Waals surface area contributed by atoms with Gasteiger partial charge < -0.3 is 4.98 Å². The third-order valence-electron chi connectivity index (χ3n) is 7.74. The Morgan fingerprint density at radius 3 is 2.62 bits per heavy atom. The van der Waals surface area contributed by atoms with Crippen LogP contribution < -0.4 is 5.56 Å². The monoisotopic (exact) mass is 454 g/mol. The quantitative estimate of drug-likeness (QED) is 0.495. The van der Waals surface area contributed by atoms with E-state index in [-0.39, 0.29) is 11.6 Å². The molecule has 2 aliphatic rings. The number of aromatic amines is 1. The summed E-state index contributed by atoms with van der Waals surface area (Å²) in [7, 11) is 0. The molecule has 0 bridgehead atoms. The summed E-state index contributed by atoms with van der Waals surface area (Å²) in [5.41, 5.74) is 6.59. The van der Waals surface area contributed by atoms with Crippen LogP contribution in [-0.2, 0) is 13.0 Å². The van der Waals surface area contributed by atoms with E-state index in [4.69, 9.17) is 0 Å². The zero-order valence-corrected chi connectivity index (χ0v) is 19.8. The van der Waals surface area contributed by atoms with Gasteiger partial charge in [-0.3, -0.25) is 9.69 Å². The Hall–Kier alpha value is -3.32. The Labute approximate surface area is 198 Å². The van der Waals surface area contributed by atoms with Gasteiger partial charge in [-0.1, -0.05) is 37.1 Å². The lowest BCUT2D eigenvalue weighted by atomic mass is 9.95. The summed E-state index contributed by atoms with van der Waals surface area (Å²) in [6, 6.07) is 14.9. The van der Waals surface area contributed by atoms with Crippen LogP contribution in [0.25, 0.3) is 10.9 Å². The number of hydrogen-bond acceptors (Lipinski definition) is 5. The van der Waals surface area contributed by atoms with Crippen LogP contribution in [0.1, 0.15) is 71.4 Å². The van der Waals surface area contributed by atoms with Crippen molar-refractivity contribution in [2.75, 3.05) is 6.54 Å². The predicted octanol–water partition coefficient (Wildman–Crippen LogP) is 4.39. The Morgan fingerprint density at radius 2 is 1.79 bits per heavy atom. The molecule has 1 aliphatic carbocycles. The molecule has 6 rings (SSSR count). The number of hydrogen-bond donors (Lipinski definition) is 1. The highest BCUT2D eigenvalue weighted by molar-refractivity contribution is 5.81. The van der Waals surface area contributed by atoms with Gasteiger partial charge in [0.05, 0.1) is 6.04 Å². The molecule has 0 amide bonds. The zero-order chi connectivity index (χ0) is 23.2. The lowest BCUT2D eigenvalue weighted by molar-refractivity contribution is 0.190. The summed E-state index contributed by atoms with van der Waals surface area (Å²) in [4.78, 5) is 19.1. The molecule has 1 saturated carbocycles. The molecular formula is C27H30N6O. The Bertz CT molecular complexity index is 1410. The van der Waals surface area contributed by atoms with Gasteiger partial charge >= 0.3 is 0 Å². The maximum Gasteiger partial charge on any atom is 0.253 e. The molecule has 0 unspecified atom stereocenters. The lowest BCUT2D eigenvalue weighted by Gasteiger charge is -2.35. The van der Waals surface area contributed by atoms with Crippen LogP contribution in [0.2, 0.25) is 0 Å². The number of rotatable bonds is 4. The van der Waals surface area contributed by atoms with Crippen LogP contribution in [0.5, 0.6) is 0 Å². The van der Waals surface area contributed by atoms with Crippen LogP contribution in [0, 0.1) is 13.8 Å². The Balaban J connectivity index is 1.51. The van der Waals surface area contributed by atoms with E-state index >= 15 is 0 Å². The third-order valence-corrected chi connectivity index (χ3v) is 7.74. The van der Waals surface area contributed by atoms with Crippen LogP contribution >= 0.6 is 0 Å². The van der Waals surface area contributed by atoms with E-state index in [2.05, 4.69) is 81.7 Å². The molecule has 0 saturated heterocycles. The molecule has 1 atom stereocenters. The minimum atomic E-state index is -0.307. The molecule has 34 heavy (non-hydrogen) atoms. The van der Waals surface area contributed by atoms with Gasteiger partial charge in [-0.05, 0) is 89.4 Å². The second-order valence-electron chi connectivity index (χ2n) is 9.89. The molecule has 2 aromatic heterocycles. The van der Waals surface area contributed by atoms with Crippen LogP contribution in [0.4, 0.5) is 0 Å². The number of nitrogens with one attached hydrogen (secondary N) is 1. The van der Waals surface area contributed by atoms with Crippen molar-refractivity contribution in [3.63, 3.8) is 0 Å². The fraction of sp³-hybridized carbons (Fsp3) is 0.407. The summed E-state index contributed by atoms with van der Waals surface area (Å²) in [5.74, 6) is 0.778. The van der Waals surface area contributed by atoms with Crippen molar-refractivity contribution in [1.29, 1.82) is 0 Å². The van der Waals surface area contributed by atoms with Crippen molar-refractivity contribution in [2.24, 2.45) is 0 Å². The van der Waals surface area contributed by atoms with Crippen molar-refractivity contribution in [3.05, 3.63) is 86.5 Å². The topological polar surface area (TPSA) is 79.7 Å². The first-order valence-electron chi connectivity index (χ1n) is 12.3. The van der Waals surface area contributed by atoms with Crippen molar-refractivity contribution < 1.29 is 0 Å². The van der Waals surface area contributed by atoms with E-state index < -0.39 is 0 Å².